The maximum atomic E-state index is 12.0. The van der Waals surface area contributed by atoms with Crippen LogP contribution in [0.2, 0.25) is 0 Å². The molecule has 100 valence electrons. The number of carbonyl (C=O) groups is 1. The van der Waals surface area contributed by atoms with Crippen LogP contribution in [-0.4, -0.2) is 16.1 Å². The maximum Gasteiger partial charge on any atom is 0.251 e. The van der Waals surface area contributed by atoms with Gasteiger partial charge >= 0.3 is 0 Å². The minimum atomic E-state index is -0.0679. The molecule has 2 rings (SSSR count). The van der Waals surface area contributed by atoms with Crippen LogP contribution in [0.25, 0.3) is 0 Å². The van der Waals surface area contributed by atoms with Gasteiger partial charge in [0, 0.05) is 23.9 Å². The van der Waals surface area contributed by atoms with Crippen molar-refractivity contribution in [1.29, 1.82) is 0 Å². The standard InChI is InChI=1S/C15H19N3O/c1-15(2,3)13-6-4-12(5-7-13)14(19)16-8-11-9-17-18-10-11/h4-7,9-10H,8H2,1-3H3,(H,16,19)(H,17,18). The highest BCUT2D eigenvalue weighted by atomic mass is 16.1. The van der Waals surface area contributed by atoms with Crippen molar-refractivity contribution in [2.24, 2.45) is 0 Å². The van der Waals surface area contributed by atoms with Crippen molar-refractivity contribution in [2.45, 2.75) is 32.7 Å². The quantitative estimate of drug-likeness (QED) is 0.888. The Hall–Kier alpha value is -2.10. The Labute approximate surface area is 113 Å². The molecular weight excluding hydrogens is 238 g/mol. The summed E-state index contributed by atoms with van der Waals surface area (Å²) in [5.41, 5.74) is 2.96. The van der Waals surface area contributed by atoms with Gasteiger partial charge in [0.1, 0.15) is 0 Å². The smallest absolute Gasteiger partial charge is 0.251 e. The lowest BCUT2D eigenvalue weighted by atomic mass is 9.87. The van der Waals surface area contributed by atoms with E-state index in [0.717, 1.165) is 5.56 Å². The molecule has 0 saturated heterocycles. The highest BCUT2D eigenvalue weighted by Gasteiger charge is 2.14. The molecular formula is C15H19N3O. The number of aromatic nitrogens is 2. The predicted octanol–water partition coefficient (Wildman–Crippen LogP) is 2.64. The van der Waals surface area contributed by atoms with Gasteiger partial charge in [-0.2, -0.15) is 5.10 Å². The highest BCUT2D eigenvalue weighted by Crippen LogP contribution is 2.22. The lowest BCUT2D eigenvalue weighted by Gasteiger charge is -2.19. The van der Waals surface area contributed by atoms with Crippen LogP contribution in [0.15, 0.2) is 36.7 Å². The Morgan fingerprint density at radius 1 is 1.26 bits per heavy atom. The van der Waals surface area contributed by atoms with Crippen LogP contribution >= 0.6 is 0 Å². The normalized spacial score (nSPS) is 11.3. The monoisotopic (exact) mass is 257 g/mol. The van der Waals surface area contributed by atoms with Gasteiger partial charge in [-0.3, -0.25) is 9.89 Å². The summed E-state index contributed by atoms with van der Waals surface area (Å²) in [4.78, 5) is 12.0. The summed E-state index contributed by atoms with van der Waals surface area (Å²) in [5, 5.41) is 9.41. The first-order valence-corrected chi connectivity index (χ1v) is 6.33. The molecule has 0 unspecified atom stereocenters. The van der Waals surface area contributed by atoms with Gasteiger partial charge in [0.15, 0.2) is 0 Å². The molecule has 0 radical (unpaired) electrons. The van der Waals surface area contributed by atoms with E-state index in [0.29, 0.717) is 12.1 Å². The lowest BCUT2D eigenvalue weighted by Crippen LogP contribution is -2.22. The van der Waals surface area contributed by atoms with Crippen LogP contribution in [0, 0.1) is 0 Å². The molecule has 0 aliphatic heterocycles. The SMILES string of the molecule is CC(C)(C)c1ccc(C(=O)NCc2cn[nH]c2)cc1. The van der Waals surface area contributed by atoms with E-state index in [-0.39, 0.29) is 11.3 Å². The summed E-state index contributed by atoms with van der Waals surface area (Å²) < 4.78 is 0. The van der Waals surface area contributed by atoms with Crippen molar-refractivity contribution in [3.05, 3.63) is 53.3 Å². The van der Waals surface area contributed by atoms with Gasteiger partial charge in [-0.25, -0.2) is 0 Å². The zero-order valence-electron chi connectivity index (χ0n) is 11.5. The van der Waals surface area contributed by atoms with Crippen molar-refractivity contribution in [3.8, 4) is 0 Å². The van der Waals surface area contributed by atoms with Gasteiger partial charge < -0.3 is 5.32 Å². The Morgan fingerprint density at radius 2 is 1.95 bits per heavy atom. The van der Waals surface area contributed by atoms with E-state index >= 15 is 0 Å². The number of aromatic amines is 1. The van der Waals surface area contributed by atoms with E-state index in [9.17, 15) is 4.79 Å². The average Bonchev–Trinajstić information content (AvgIpc) is 2.88. The Morgan fingerprint density at radius 3 is 2.47 bits per heavy atom. The molecule has 0 fully saturated rings. The van der Waals surface area contributed by atoms with E-state index in [2.05, 4.69) is 36.3 Å². The second-order valence-corrected chi connectivity index (χ2v) is 5.62. The fraction of sp³-hybridized carbons (Fsp3) is 0.333. The molecule has 0 spiro atoms. The Balaban J connectivity index is 2.00. The number of H-pyrrole nitrogens is 1. The van der Waals surface area contributed by atoms with Crippen molar-refractivity contribution in [3.63, 3.8) is 0 Å². The minimum Gasteiger partial charge on any atom is -0.348 e. The van der Waals surface area contributed by atoms with Crippen molar-refractivity contribution in [1.82, 2.24) is 15.5 Å². The zero-order chi connectivity index (χ0) is 13.9. The van der Waals surface area contributed by atoms with Gasteiger partial charge in [0.05, 0.1) is 6.20 Å². The van der Waals surface area contributed by atoms with Crippen molar-refractivity contribution in [2.75, 3.05) is 0 Å². The topological polar surface area (TPSA) is 57.8 Å². The molecule has 0 aliphatic rings. The predicted molar refractivity (Wildman–Crippen MR) is 74.9 cm³/mol. The third-order valence-corrected chi connectivity index (χ3v) is 3.02. The molecule has 4 heteroatoms. The molecule has 0 saturated carbocycles. The lowest BCUT2D eigenvalue weighted by molar-refractivity contribution is 0.0951. The molecule has 0 aliphatic carbocycles. The Bertz CT molecular complexity index is 536. The van der Waals surface area contributed by atoms with Crippen LogP contribution in [-0.2, 0) is 12.0 Å². The number of rotatable bonds is 3. The Kier molecular flexibility index (Phi) is 3.69. The molecule has 2 N–H and O–H groups in total. The van der Waals surface area contributed by atoms with E-state index in [1.54, 1.807) is 12.4 Å². The first-order chi connectivity index (χ1) is 8.97. The van der Waals surface area contributed by atoms with E-state index in [1.165, 1.54) is 5.56 Å². The summed E-state index contributed by atoms with van der Waals surface area (Å²) in [6, 6.07) is 7.75. The number of nitrogens with zero attached hydrogens (tertiary/aromatic N) is 1. The molecule has 2 aromatic rings. The number of amides is 1. The second kappa shape index (κ2) is 5.26. The molecule has 0 bridgehead atoms. The largest absolute Gasteiger partial charge is 0.348 e. The highest BCUT2D eigenvalue weighted by molar-refractivity contribution is 5.94. The van der Waals surface area contributed by atoms with Gasteiger partial charge in [-0.15, -0.1) is 0 Å². The van der Waals surface area contributed by atoms with Crippen LogP contribution in [0.1, 0.15) is 42.3 Å². The number of benzene rings is 1. The summed E-state index contributed by atoms with van der Waals surface area (Å²) in [6.45, 7) is 6.94. The number of carbonyl (C=O) groups excluding carboxylic acids is 1. The van der Waals surface area contributed by atoms with Crippen LogP contribution < -0.4 is 5.32 Å². The summed E-state index contributed by atoms with van der Waals surface area (Å²) in [6.07, 6.45) is 3.46. The molecule has 1 aromatic carbocycles. The summed E-state index contributed by atoms with van der Waals surface area (Å²) >= 11 is 0. The summed E-state index contributed by atoms with van der Waals surface area (Å²) in [5.74, 6) is -0.0679. The van der Waals surface area contributed by atoms with Gasteiger partial charge in [0.2, 0.25) is 0 Å². The fourth-order valence-corrected chi connectivity index (χ4v) is 1.78. The van der Waals surface area contributed by atoms with E-state index in [1.807, 2.05) is 24.3 Å². The molecule has 1 amide bonds. The first kappa shape index (κ1) is 13.3. The van der Waals surface area contributed by atoms with Gasteiger partial charge in [-0.1, -0.05) is 32.9 Å². The molecule has 1 aromatic heterocycles. The van der Waals surface area contributed by atoms with Crippen molar-refractivity contribution >= 4 is 5.91 Å². The minimum absolute atomic E-state index is 0.0679. The summed E-state index contributed by atoms with van der Waals surface area (Å²) in [7, 11) is 0. The van der Waals surface area contributed by atoms with Gasteiger partial charge in [-0.05, 0) is 23.1 Å². The number of nitrogens with one attached hydrogen (secondary N) is 2. The molecule has 19 heavy (non-hydrogen) atoms. The number of hydrogen-bond acceptors (Lipinski definition) is 2. The molecule has 1 heterocycles. The zero-order valence-corrected chi connectivity index (χ0v) is 11.5. The van der Waals surface area contributed by atoms with Gasteiger partial charge in [0.25, 0.3) is 5.91 Å². The van der Waals surface area contributed by atoms with Crippen LogP contribution in [0.5, 0.6) is 0 Å². The number of hydrogen-bond donors (Lipinski definition) is 2. The van der Waals surface area contributed by atoms with E-state index in [4.69, 9.17) is 0 Å². The average molecular weight is 257 g/mol. The molecule has 4 nitrogen and oxygen atoms in total. The first-order valence-electron chi connectivity index (χ1n) is 6.33. The third kappa shape index (κ3) is 3.44. The van der Waals surface area contributed by atoms with Crippen LogP contribution in [0.3, 0.4) is 0 Å². The molecule has 0 atom stereocenters. The second-order valence-electron chi connectivity index (χ2n) is 5.62. The van der Waals surface area contributed by atoms with E-state index < -0.39 is 0 Å². The maximum absolute atomic E-state index is 12.0. The van der Waals surface area contributed by atoms with Crippen molar-refractivity contribution < 1.29 is 4.79 Å². The van der Waals surface area contributed by atoms with Crippen LogP contribution in [0.4, 0.5) is 0 Å². The third-order valence-electron chi connectivity index (χ3n) is 3.02. The fourth-order valence-electron chi connectivity index (χ4n) is 1.78.